The maximum absolute atomic E-state index is 11.8. The molecule has 1 saturated carbocycles. The molecule has 0 unspecified atom stereocenters. The summed E-state index contributed by atoms with van der Waals surface area (Å²) in [6.45, 7) is 1.11. The Labute approximate surface area is 123 Å². The third kappa shape index (κ3) is 5.33. The zero-order valence-electron chi connectivity index (χ0n) is 11.1. The Morgan fingerprint density at radius 1 is 1.26 bits per heavy atom. The zero-order chi connectivity index (χ0) is 13.5. The second-order valence-electron chi connectivity index (χ2n) is 5.14. The maximum atomic E-state index is 11.8. The van der Waals surface area contributed by atoms with Gasteiger partial charge < -0.3 is 10.6 Å². The molecule has 0 aromatic heterocycles. The van der Waals surface area contributed by atoms with Gasteiger partial charge in [0.05, 0.1) is 6.54 Å². The average Bonchev–Trinajstić information content (AvgIpc) is 2.40. The lowest BCUT2D eigenvalue weighted by Gasteiger charge is -2.22. The monoisotopic (exact) mass is 324 g/mol. The van der Waals surface area contributed by atoms with Crippen molar-refractivity contribution in [3.05, 3.63) is 34.3 Å². The van der Waals surface area contributed by atoms with Crippen LogP contribution >= 0.6 is 15.9 Å². The van der Waals surface area contributed by atoms with Gasteiger partial charge in [0.2, 0.25) is 5.91 Å². The van der Waals surface area contributed by atoms with Gasteiger partial charge in [0, 0.05) is 17.1 Å². The molecule has 1 fully saturated rings. The quantitative estimate of drug-likeness (QED) is 0.874. The van der Waals surface area contributed by atoms with Crippen molar-refractivity contribution in [1.29, 1.82) is 0 Å². The van der Waals surface area contributed by atoms with Crippen LogP contribution in [0.5, 0.6) is 0 Å². The fourth-order valence-electron chi connectivity index (χ4n) is 2.49. The van der Waals surface area contributed by atoms with Crippen molar-refractivity contribution in [2.45, 2.75) is 44.7 Å². The zero-order valence-corrected chi connectivity index (χ0v) is 12.7. The Balaban J connectivity index is 1.66. The summed E-state index contributed by atoms with van der Waals surface area (Å²) in [5.41, 5.74) is 1.18. The molecule has 1 aliphatic rings. The van der Waals surface area contributed by atoms with Gasteiger partial charge in [-0.1, -0.05) is 47.3 Å². The van der Waals surface area contributed by atoms with Crippen LogP contribution in [0.3, 0.4) is 0 Å². The Bertz CT molecular complexity index is 416. The van der Waals surface area contributed by atoms with Crippen LogP contribution in [0.4, 0.5) is 0 Å². The number of amides is 1. The number of hydrogen-bond acceptors (Lipinski definition) is 2. The summed E-state index contributed by atoms with van der Waals surface area (Å²) in [7, 11) is 0. The van der Waals surface area contributed by atoms with Crippen LogP contribution in [-0.2, 0) is 11.3 Å². The molecule has 104 valence electrons. The van der Waals surface area contributed by atoms with E-state index in [1.807, 2.05) is 12.1 Å². The van der Waals surface area contributed by atoms with E-state index in [0.717, 1.165) is 23.9 Å². The van der Waals surface area contributed by atoms with Gasteiger partial charge >= 0.3 is 0 Å². The Kier molecular flexibility index (Phi) is 5.86. The van der Waals surface area contributed by atoms with Gasteiger partial charge in [-0.05, 0) is 30.5 Å². The standard InChI is InChI=1S/C15H21BrN2O/c16-13-6-4-5-12(9-13)10-17-11-15(19)18-14-7-2-1-3-8-14/h4-6,9,14,17H,1-3,7-8,10-11H2,(H,18,19). The van der Waals surface area contributed by atoms with E-state index in [4.69, 9.17) is 0 Å². The third-order valence-electron chi connectivity index (χ3n) is 3.47. The normalized spacial score (nSPS) is 16.3. The largest absolute Gasteiger partial charge is 0.352 e. The summed E-state index contributed by atoms with van der Waals surface area (Å²) in [6, 6.07) is 8.51. The molecule has 0 aliphatic heterocycles. The highest BCUT2D eigenvalue weighted by molar-refractivity contribution is 9.10. The van der Waals surface area contributed by atoms with E-state index in [0.29, 0.717) is 12.6 Å². The Morgan fingerprint density at radius 3 is 2.79 bits per heavy atom. The fraction of sp³-hybridized carbons (Fsp3) is 0.533. The molecule has 0 heterocycles. The molecule has 0 atom stereocenters. The van der Waals surface area contributed by atoms with Gasteiger partial charge in [-0.25, -0.2) is 0 Å². The molecule has 0 radical (unpaired) electrons. The van der Waals surface area contributed by atoms with Crippen LogP contribution in [-0.4, -0.2) is 18.5 Å². The van der Waals surface area contributed by atoms with E-state index in [1.54, 1.807) is 0 Å². The summed E-state index contributed by atoms with van der Waals surface area (Å²) < 4.78 is 1.07. The highest BCUT2D eigenvalue weighted by Crippen LogP contribution is 2.17. The predicted molar refractivity (Wildman–Crippen MR) is 80.9 cm³/mol. The van der Waals surface area contributed by atoms with Crippen molar-refractivity contribution in [2.75, 3.05) is 6.54 Å². The van der Waals surface area contributed by atoms with E-state index in [1.165, 1.54) is 24.8 Å². The van der Waals surface area contributed by atoms with Gasteiger partial charge in [-0.3, -0.25) is 4.79 Å². The molecule has 3 nitrogen and oxygen atoms in total. The van der Waals surface area contributed by atoms with Crippen molar-refractivity contribution in [3.8, 4) is 0 Å². The van der Waals surface area contributed by atoms with Gasteiger partial charge in [0.1, 0.15) is 0 Å². The van der Waals surface area contributed by atoms with E-state index < -0.39 is 0 Å². The van der Waals surface area contributed by atoms with Crippen molar-refractivity contribution >= 4 is 21.8 Å². The number of carbonyl (C=O) groups is 1. The molecule has 1 aromatic rings. The van der Waals surface area contributed by atoms with Crippen molar-refractivity contribution < 1.29 is 4.79 Å². The van der Waals surface area contributed by atoms with Gasteiger partial charge in [0.25, 0.3) is 0 Å². The average molecular weight is 325 g/mol. The van der Waals surface area contributed by atoms with E-state index in [-0.39, 0.29) is 5.91 Å². The smallest absolute Gasteiger partial charge is 0.234 e. The minimum absolute atomic E-state index is 0.113. The van der Waals surface area contributed by atoms with Crippen LogP contribution in [0.25, 0.3) is 0 Å². The maximum Gasteiger partial charge on any atom is 0.234 e. The molecule has 0 bridgehead atoms. The third-order valence-corrected chi connectivity index (χ3v) is 3.97. The van der Waals surface area contributed by atoms with Crippen LogP contribution in [0.2, 0.25) is 0 Å². The first kappa shape index (κ1) is 14.5. The Hall–Kier alpha value is -0.870. The molecule has 4 heteroatoms. The molecule has 0 spiro atoms. The molecule has 2 N–H and O–H groups in total. The summed E-state index contributed by atoms with van der Waals surface area (Å²) in [4.78, 5) is 11.8. The molecule has 1 aliphatic carbocycles. The summed E-state index contributed by atoms with van der Waals surface area (Å²) >= 11 is 3.44. The van der Waals surface area contributed by atoms with Gasteiger partial charge in [-0.2, -0.15) is 0 Å². The number of carbonyl (C=O) groups excluding carboxylic acids is 1. The topological polar surface area (TPSA) is 41.1 Å². The van der Waals surface area contributed by atoms with Gasteiger partial charge in [-0.15, -0.1) is 0 Å². The minimum Gasteiger partial charge on any atom is -0.352 e. The lowest BCUT2D eigenvalue weighted by Crippen LogP contribution is -2.41. The molecule has 1 amide bonds. The van der Waals surface area contributed by atoms with Crippen LogP contribution in [0.1, 0.15) is 37.7 Å². The highest BCUT2D eigenvalue weighted by atomic mass is 79.9. The minimum atomic E-state index is 0.113. The SMILES string of the molecule is O=C(CNCc1cccc(Br)c1)NC1CCCCC1. The van der Waals surface area contributed by atoms with E-state index in [9.17, 15) is 4.79 Å². The molecular formula is C15H21BrN2O. The molecular weight excluding hydrogens is 304 g/mol. The summed E-state index contributed by atoms with van der Waals surface area (Å²) in [5.74, 6) is 0.113. The van der Waals surface area contributed by atoms with Gasteiger partial charge in [0.15, 0.2) is 0 Å². The number of rotatable bonds is 5. The summed E-state index contributed by atoms with van der Waals surface area (Å²) in [5, 5.41) is 6.29. The molecule has 0 saturated heterocycles. The molecule has 1 aromatic carbocycles. The second kappa shape index (κ2) is 7.65. The fourth-order valence-corrected chi connectivity index (χ4v) is 2.94. The number of halogens is 1. The lowest BCUT2D eigenvalue weighted by molar-refractivity contribution is -0.121. The number of hydrogen-bond donors (Lipinski definition) is 2. The van der Waals surface area contributed by atoms with Crippen molar-refractivity contribution in [1.82, 2.24) is 10.6 Å². The van der Waals surface area contributed by atoms with Crippen molar-refractivity contribution in [3.63, 3.8) is 0 Å². The first-order valence-corrected chi connectivity index (χ1v) is 7.78. The highest BCUT2D eigenvalue weighted by Gasteiger charge is 2.14. The lowest BCUT2D eigenvalue weighted by atomic mass is 9.95. The Morgan fingerprint density at radius 2 is 2.05 bits per heavy atom. The first-order valence-electron chi connectivity index (χ1n) is 6.98. The number of benzene rings is 1. The van der Waals surface area contributed by atoms with E-state index >= 15 is 0 Å². The van der Waals surface area contributed by atoms with Crippen LogP contribution < -0.4 is 10.6 Å². The van der Waals surface area contributed by atoms with Crippen LogP contribution in [0.15, 0.2) is 28.7 Å². The second-order valence-corrected chi connectivity index (χ2v) is 6.05. The first-order chi connectivity index (χ1) is 9.24. The molecule has 19 heavy (non-hydrogen) atoms. The van der Waals surface area contributed by atoms with Crippen molar-refractivity contribution in [2.24, 2.45) is 0 Å². The van der Waals surface area contributed by atoms with Crippen LogP contribution in [0, 0.1) is 0 Å². The number of nitrogens with one attached hydrogen (secondary N) is 2. The summed E-state index contributed by atoms with van der Waals surface area (Å²) in [6.07, 6.45) is 6.08. The molecule has 2 rings (SSSR count). The predicted octanol–water partition coefficient (Wildman–Crippen LogP) is 2.99. The van der Waals surface area contributed by atoms with E-state index in [2.05, 4.69) is 38.7 Å².